The Kier molecular flexibility index (Phi) is 5.68. The summed E-state index contributed by atoms with van der Waals surface area (Å²) in [7, 11) is 1.67. The molecule has 0 radical (unpaired) electrons. The Morgan fingerprint density at radius 1 is 1.13 bits per heavy atom. The Bertz CT molecular complexity index is 713. The summed E-state index contributed by atoms with van der Waals surface area (Å²) < 4.78 is 0. The summed E-state index contributed by atoms with van der Waals surface area (Å²) in [5, 5.41) is 17.3. The molecule has 2 aromatic rings. The fourth-order valence-corrected chi connectivity index (χ4v) is 2.25. The molecule has 0 bridgehead atoms. The number of nitrogens with one attached hydrogen (secondary N) is 2. The number of para-hydroxylation sites is 1. The molecule has 2 aromatic carbocycles. The molecule has 0 amide bonds. The van der Waals surface area contributed by atoms with Crippen LogP contribution >= 0.6 is 0 Å². The third-order valence-corrected chi connectivity index (χ3v) is 3.40. The van der Waals surface area contributed by atoms with Crippen molar-refractivity contribution in [3.05, 3.63) is 75.3 Å². The zero-order valence-corrected chi connectivity index (χ0v) is 13.2. The molecule has 6 nitrogen and oxygen atoms in total. The van der Waals surface area contributed by atoms with Crippen LogP contribution in [0.25, 0.3) is 0 Å². The van der Waals surface area contributed by atoms with Crippen LogP contribution in [0.5, 0.6) is 0 Å². The number of rotatable bonds is 5. The first kappa shape index (κ1) is 16.5. The number of hydrogen-bond donors (Lipinski definition) is 2. The van der Waals surface area contributed by atoms with Gasteiger partial charge in [0.25, 0.3) is 5.69 Å². The van der Waals surface area contributed by atoms with E-state index in [0.29, 0.717) is 24.6 Å². The number of aryl methyl sites for hydroxylation is 1. The van der Waals surface area contributed by atoms with Crippen LogP contribution in [0, 0.1) is 17.0 Å². The summed E-state index contributed by atoms with van der Waals surface area (Å²) in [4.78, 5) is 14.8. The van der Waals surface area contributed by atoms with E-state index in [1.165, 1.54) is 11.6 Å². The first-order chi connectivity index (χ1) is 11.1. The molecule has 0 spiro atoms. The van der Waals surface area contributed by atoms with Crippen molar-refractivity contribution in [3.63, 3.8) is 0 Å². The largest absolute Gasteiger partial charge is 0.352 e. The minimum atomic E-state index is -0.375. The van der Waals surface area contributed by atoms with Crippen LogP contribution in [0.1, 0.15) is 16.7 Å². The van der Waals surface area contributed by atoms with Crippen molar-refractivity contribution in [2.45, 2.75) is 20.0 Å². The van der Waals surface area contributed by atoms with Crippen molar-refractivity contribution in [2.24, 2.45) is 4.99 Å². The second kappa shape index (κ2) is 7.93. The van der Waals surface area contributed by atoms with Crippen molar-refractivity contribution < 1.29 is 4.92 Å². The van der Waals surface area contributed by atoms with Crippen molar-refractivity contribution >= 4 is 11.6 Å². The minimum absolute atomic E-state index is 0.106. The molecule has 0 aliphatic carbocycles. The van der Waals surface area contributed by atoms with Gasteiger partial charge in [-0.15, -0.1) is 0 Å². The monoisotopic (exact) mass is 312 g/mol. The fourth-order valence-electron chi connectivity index (χ4n) is 2.25. The van der Waals surface area contributed by atoms with Crippen LogP contribution in [0.15, 0.2) is 53.5 Å². The molecule has 6 heteroatoms. The van der Waals surface area contributed by atoms with Crippen LogP contribution in [-0.2, 0) is 13.1 Å². The molecule has 0 heterocycles. The molecule has 0 aliphatic rings. The highest BCUT2D eigenvalue weighted by Crippen LogP contribution is 2.16. The van der Waals surface area contributed by atoms with Gasteiger partial charge in [-0.2, -0.15) is 0 Å². The van der Waals surface area contributed by atoms with E-state index in [1.54, 1.807) is 25.2 Å². The molecule has 23 heavy (non-hydrogen) atoms. The van der Waals surface area contributed by atoms with Gasteiger partial charge in [0, 0.05) is 31.8 Å². The average Bonchev–Trinajstić information content (AvgIpc) is 2.55. The summed E-state index contributed by atoms with van der Waals surface area (Å²) in [6, 6.07) is 14.9. The SMILES string of the molecule is CN=C(NCc1cccc(C)c1)NCc1ccccc1[N+](=O)[O-]. The van der Waals surface area contributed by atoms with E-state index >= 15 is 0 Å². The molecular formula is C17H20N4O2. The van der Waals surface area contributed by atoms with Crippen LogP contribution in [-0.4, -0.2) is 17.9 Å². The molecule has 0 atom stereocenters. The predicted octanol–water partition coefficient (Wildman–Crippen LogP) is 2.77. The number of hydrogen-bond acceptors (Lipinski definition) is 3. The zero-order chi connectivity index (χ0) is 16.7. The lowest BCUT2D eigenvalue weighted by Gasteiger charge is -2.12. The van der Waals surface area contributed by atoms with Gasteiger partial charge in [0.1, 0.15) is 0 Å². The van der Waals surface area contributed by atoms with Crippen molar-refractivity contribution in [3.8, 4) is 0 Å². The molecule has 120 valence electrons. The summed E-state index contributed by atoms with van der Waals surface area (Å²) in [5.41, 5.74) is 3.08. The molecule has 2 N–H and O–H groups in total. The zero-order valence-electron chi connectivity index (χ0n) is 13.2. The van der Waals surface area contributed by atoms with Gasteiger partial charge < -0.3 is 10.6 Å². The van der Waals surface area contributed by atoms with Crippen molar-refractivity contribution in [1.82, 2.24) is 10.6 Å². The van der Waals surface area contributed by atoms with Gasteiger partial charge in [0.15, 0.2) is 5.96 Å². The topological polar surface area (TPSA) is 79.6 Å². The normalized spacial score (nSPS) is 11.1. The Morgan fingerprint density at radius 3 is 2.57 bits per heavy atom. The van der Waals surface area contributed by atoms with Crippen molar-refractivity contribution in [2.75, 3.05) is 7.05 Å². The van der Waals surface area contributed by atoms with E-state index < -0.39 is 0 Å². The van der Waals surface area contributed by atoms with Gasteiger partial charge in [0.2, 0.25) is 0 Å². The Balaban J connectivity index is 1.95. The van der Waals surface area contributed by atoms with Crippen molar-refractivity contribution in [1.29, 1.82) is 0 Å². The lowest BCUT2D eigenvalue weighted by Crippen LogP contribution is -2.36. The maximum Gasteiger partial charge on any atom is 0.274 e. The van der Waals surface area contributed by atoms with E-state index in [1.807, 2.05) is 25.1 Å². The van der Waals surface area contributed by atoms with Crippen LogP contribution in [0.4, 0.5) is 5.69 Å². The quantitative estimate of drug-likeness (QED) is 0.385. The summed E-state index contributed by atoms with van der Waals surface area (Å²) in [6.45, 7) is 3.02. The Hall–Kier alpha value is -2.89. The number of nitro benzene ring substituents is 1. The first-order valence-corrected chi connectivity index (χ1v) is 7.32. The molecule has 0 saturated carbocycles. The van der Waals surface area contributed by atoms with Gasteiger partial charge >= 0.3 is 0 Å². The number of nitro groups is 1. The second-order valence-electron chi connectivity index (χ2n) is 5.15. The first-order valence-electron chi connectivity index (χ1n) is 7.32. The smallest absolute Gasteiger partial charge is 0.274 e. The Labute approximate surface area is 135 Å². The molecule has 0 saturated heterocycles. The molecule has 2 rings (SSSR count). The lowest BCUT2D eigenvalue weighted by atomic mass is 10.1. The third-order valence-electron chi connectivity index (χ3n) is 3.40. The fraction of sp³-hybridized carbons (Fsp3) is 0.235. The number of guanidine groups is 1. The summed E-state index contributed by atoms with van der Waals surface area (Å²) >= 11 is 0. The molecular weight excluding hydrogens is 292 g/mol. The summed E-state index contributed by atoms with van der Waals surface area (Å²) in [5.74, 6) is 0.602. The van der Waals surface area contributed by atoms with E-state index in [-0.39, 0.29) is 10.6 Å². The molecule has 0 aliphatic heterocycles. The van der Waals surface area contributed by atoms with E-state index in [4.69, 9.17) is 0 Å². The maximum absolute atomic E-state index is 11.0. The maximum atomic E-state index is 11.0. The van der Waals surface area contributed by atoms with Crippen LogP contribution < -0.4 is 10.6 Å². The molecule has 0 aromatic heterocycles. The molecule has 0 fully saturated rings. The third kappa shape index (κ3) is 4.81. The average molecular weight is 312 g/mol. The standard InChI is InChI=1S/C17H20N4O2/c1-13-6-5-7-14(10-13)11-19-17(18-2)20-12-15-8-3-4-9-16(15)21(22)23/h3-10H,11-12H2,1-2H3,(H2,18,19,20). The van der Waals surface area contributed by atoms with Gasteiger partial charge in [-0.1, -0.05) is 48.0 Å². The highest BCUT2D eigenvalue weighted by Gasteiger charge is 2.12. The predicted molar refractivity (Wildman–Crippen MR) is 91.3 cm³/mol. The highest BCUT2D eigenvalue weighted by molar-refractivity contribution is 5.79. The van der Waals surface area contributed by atoms with Crippen LogP contribution in [0.3, 0.4) is 0 Å². The van der Waals surface area contributed by atoms with E-state index in [0.717, 1.165) is 5.56 Å². The molecule has 0 unspecified atom stereocenters. The van der Waals surface area contributed by atoms with E-state index in [2.05, 4.69) is 21.7 Å². The van der Waals surface area contributed by atoms with Gasteiger partial charge in [-0.3, -0.25) is 15.1 Å². The summed E-state index contributed by atoms with van der Waals surface area (Å²) in [6.07, 6.45) is 0. The highest BCUT2D eigenvalue weighted by atomic mass is 16.6. The van der Waals surface area contributed by atoms with E-state index in [9.17, 15) is 10.1 Å². The lowest BCUT2D eigenvalue weighted by molar-refractivity contribution is -0.385. The van der Waals surface area contributed by atoms with Gasteiger partial charge in [0.05, 0.1) is 4.92 Å². The van der Waals surface area contributed by atoms with Gasteiger partial charge in [-0.25, -0.2) is 0 Å². The number of benzene rings is 2. The van der Waals surface area contributed by atoms with Crippen LogP contribution in [0.2, 0.25) is 0 Å². The number of aliphatic imine (C=N–C) groups is 1. The van der Waals surface area contributed by atoms with Gasteiger partial charge in [-0.05, 0) is 12.5 Å². The number of nitrogens with zero attached hydrogens (tertiary/aromatic N) is 2. The minimum Gasteiger partial charge on any atom is -0.352 e. The second-order valence-corrected chi connectivity index (χ2v) is 5.15. The Morgan fingerprint density at radius 2 is 1.87 bits per heavy atom.